The molecule has 0 atom stereocenters. The summed E-state index contributed by atoms with van der Waals surface area (Å²) in [4.78, 5) is 24.2. The van der Waals surface area contributed by atoms with Gasteiger partial charge in [0.2, 0.25) is 0 Å². The molecule has 126 valence electrons. The lowest BCUT2D eigenvalue weighted by molar-refractivity contribution is 0.0430. The predicted octanol–water partition coefficient (Wildman–Crippen LogP) is 2.81. The van der Waals surface area contributed by atoms with Crippen LogP contribution in [-0.4, -0.2) is 35.4 Å². The van der Waals surface area contributed by atoms with Crippen molar-refractivity contribution in [2.24, 2.45) is 0 Å². The van der Waals surface area contributed by atoms with Gasteiger partial charge in [-0.2, -0.15) is 0 Å². The second-order valence-electron chi connectivity index (χ2n) is 6.04. The average molecular weight is 320 g/mol. The maximum Gasteiger partial charge on any atom is 0.338 e. The van der Waals surface area contributed by atoms with E-state index in [4.69, 9.17) is 9.84 Å². The molecule has 0 saturated heterocycles. The molecule has 0 aromatic heterocycles. The Kier molecular flexibility index (Phi) is 5.77. The highest BCUT2D eigenvalue weighted by molar-refractivity contribution is 5.98. The van der Waals surface area contributed by atoms with E-state index in [1.807, 2.05) is 0 Å². The van der Waals surface area contributed by atoms with Crippen LogP contribution in [0.2, 0.25) is 0 Å². The summed E-state index contributed by atoms with van der Waals surface area (Å²) < 4.78 is 5.12. The third-order valence-corrected chi connectivity index (χ3v) is 4.63. The van der Waals surface area contributed by atoms with Gasteiger partial charge in [-0.15, -0.1) is 0 Å². The summed E-state index contributed by atoms with van der Waals surface area (Å²) in [7, 11) is 0. The van der Waals surface area contributed by atoms with E-state index < -0.39 is 11.9 Å². The monoisotopic (exact) mass is 320 g/mol. The van der Waals surface area contributed by atoms with Gasteiger partial charge in [0.25, 0.3) is 0 Å². The SMILES string of the molecule is Cc1c(C)c(C(=O)OCCO)c2c(c1C(=O)O)CCCCCC2. The summed E-state index contributed by atoms with van der Waals surface area (Å²) in [5, 5.41) is 18.5. The average Bonchev–Trinajstić information content (AvgIpc) is 2.48. The van der Waals surface area contributed by atoms with Gasteiger partial charge in [0.15, 0.2) is 0 Å². The Balaban J connectivity index is 2.65. The van der Waals surface area contributed by atoms with Gasteiger partial charge in [0, 0.05) is 0 Å². The molecular formula is C18H24O5. The lowest BCUT2D eigenvalue weighted by Crippen LogP contribution is -2.20. The zero-order chi connectivity index (χ0) is 17.0. The predicted molar refractivity (Wildman–Crippen MR) is 86.1 cm³/mol. The van der Waals surface area contributed by atoms with Crippen LogP contribution < -0.4 is 0 Å². The Morgan fingerprint density at radius 1 is 0.957 bits per heavy atom. The molecule has 0 spiro atoms. The van der Waals surface area contributed by atoms with Crippen LogP contribution in [0.5, 0.6) is 0 Å². The van der Waals surface area contributed by atoms with Crippen LogP contribution in [0.15, 0.2) is 0 Å². The van der Waals surface area contributed by atoms with Gasteiger partial charge in [0.05, 0.1) is 17.7 Å². The van der Waals surface area contributed by atoms with Crippen LogP contribution in [0.4, 0.5) is 0 Å². The van der Waals surface area contributed by atoms with Crippen molar-refractivity contribution in [3.8, 4) is 0 Å². The number of carboxylic acids is 1. The first-order chi connectivity index (χ1) is 11.0. The van der Waals surface area contributed by atoms with E-state index in [0.29, 0.717) is 35.1 Å². The molecule has 0 saturated carbocycles. The van der Waals surface area contributed by atoms with E-state index in [2.05, 4.69) is 0 Å². The van der Waals surface area contributed by atoms with Gasteiger partial charge >= 0.3 is 11.9 Å². The van der Waals surface area contributed by atoms with Crippen molar-refractivity contribution in [1.29, 1.82) is 0 Å². The molecule has 2 rings (SSSR count). The minimum atomic E-state index is -0.933. The highest BCUT2D eigenvalue weighted by atomic mass is 16.5. The number of carbonyl (C=O) groups excluding carboxylic acids is 1. The standard InChI is InChI=1S/C18H24O5/c1-11-12(2)16(18(22)23-10-9-19)14-8-6-4-3-5-7-13(14)15(11)17(20)21/h19H,3-10H2,1-2H3,(H,20,21). The number of rotatable bonds is 4. The lowest BCUT2D eigenvalue weighted by atomic mass is 9.82. The van der Waals surface area contributed by atoms with Gasteiger partial charge in [0.1, 0.15) is 6.61 Å². The molecule has 1 aliphatic carbocycles. The van der Waals surface area contributed by atoms with Crippen LogP contribution in [0.3, 0.4) is 0 Å². The van der Waals surface area contributed by atoms with Gasteiger partial charge < -0.3 is 14.9 Å². The lowest BCUT2D eigenvalue weighted by Gasteiger charge is -2.23. The van der Waals surface area contributed by atoms with Crippen LogP contribution in [-0.2, 0) is 17.6 Å². The number of aliphatic hydroxyl groups excluding tert-OH is 1. The third-order valence-electron chi connectivity index (χ3n) is 4.63. The maximum absolute atomic E-state index is 12.4. The number of esters is 1. The number of benzene rings is 1. The van der Waals surface area contributed by atoms with E-state index in [1.165, 1.54) is 0 Å². The molecule has 2 N–H and O–H groups in total. The molecule has 0 fully saturated rings. The van der Waals surface area contributed by atoms with Crippen LogP contribution in [0, 0.1) is 13.8 Å². The second kappa shape index (κ2) is 7.59. The zero-order valence-electron chi connectivity index (χ0n) is 13.8. The number of hydrogen-bond acceptors (Lipinski definition) is 4. The quantitative estimate of drug-likeness (QED) is 0.833. The minimum Gasteiger partial charge on any atom is -0.478 e. The van der Waals surface area contributed by atoms with Crippen molar-refractivity contribution >= 4 is 11.9 Å². The molecule has 5 heteroatoms. The molecule has 23 heavy (non-hydrogen) atoms. The number of aromatic carboxylic acids is 1. The summed E-state index contributed by atoms with van der Waals surface area (Å²) in [6, 6.07) is 0. The van der Waals surface area contributed by atoms with Crippen molar-refractivity contribution in [2.75, 3.05) is 13.2 Å². The zero-order valence-corrected chi connectivity index (χ0v) is 13.8. The molecule has 5 nitrogen and oxygen atoms in total. The van der Waals surface area contributed by atoms with Crippen LogP contribution in [0.25, 0.3) is 0 Å². The van der Waals surface area contributed by atoms with Crippen LogP contribution in [0.1, 0.15) is 68.7 Å². The van der Waals surface area contributed by atoms with Crippen molar-refractivity contribution < 1.29 is 24.5 Å². The summed E-state index contributed by atoms with van der Waals surface area (Å²) in [6.45, 7) is 3.25. The Hall–Kier alpha value is -1.88. The number of carbonyl (C=O) groups is 2. The Labute approximate surface area is 136 Å². The van der Waals surface area contributed by atoms with Crippen molar-refractivity contribution in [1.82, 2.24) is 0 Å². The summed E-state index contributed by atoms with van der Waals surface area (Å²) in [5.41, 5.74) is 3.76. The van der Waals surface area contributed by atoms with Crippen molar-refractivity contribution in [3.63, 3.8) is 0 Å². The van der Waals surface area contributed by atoms with E-state index >= 15 is 0 Å². The molecule has 0 unspecified atom stereocenters. The number of aliphatic hydroxyl groups is 1. The molecular weight excluding hydrogens is 296 g/mol. The number of ether oxygens (including phenoxy) is 1. The Morgan fingerprint density at radius 2 is 1.48 bits per heavy atom. The van der Waals surface area contributed by atoms with E-state index in [1.54, 1.807) is 13.8 Å². The summed E-state index contributed by atoms with van der Waals surface area (Å²) >= 11 is 0. The topological polar surface area (TPSA) is 83.8 Å². The molecule has 1 aromatic rings. The first-order valence-corrected chi connectivity index (χ1v) is 8.15. The fourth-order valence-electron chi connectivity index (χ4n) is 3.41. The number of carboxylic acid groups (broad SMARTS) is 1. The smallest absolute Gasteiger partial charge is 0.338 e. The Morgan fingerprint density at radius 3 is 2.00 bits per heavy atom. The molecule has 0 aliphatic heterocycles. The minimum absolute atomic E-state index is 0.0488. The van der Waals surface area contributed by atoms with Gasteiger partial charge in [-0.25, -0.2) is 9.59 Å². The first-order valence-electron chi connectivity index (χ1n) is 8.15. The summed E-state index contributed by atoms with van der Waals surface area (Å²) in [5.74, 6) is -1.40. The highest BCUT2D eigenvalue weighted by Gasteiger charge is 2.27. The number of hydrogen-bond donors (Lipinski definition) is 2. The molecule has 1 aromatic carbocycles. The van der Waals surface area contributed by atoms with Crippen molar-refractivity contribution in [2.45, 2.75) is 52.4 Å². The van der Waals surface area contributed by atoms with Gasteiger partial charge in [-0.1, -0.05) is 12.8 Å². The third kappa shape index (κ3) is 3.55. The van der Waals surface area contributed by atoms with E-state index in [0.717, 1.165) is 36.8 Å². The molecule has 0 amide bonds. The fraction of sp³-hybridized carbons (Fsp3) is 0.556. The van der Waals surface area contributed by atoms with E-state index in [-0.39, 0.29) is 13.2 Å². The highest BCUT2D eigenvalue weighted by Crippen LogP contribution is 2.32. The van der Waals surface area contributed by atoms with E-state index in [9.17, 15) is 14.7 Å². The molecule has 0 radical (unpaired) electrons. The summed E-state index contributed by atoms with van der Waals surface area (Å²) in [6.07, 6.45) is 5.41. The van der Waals surface area contributed by atoms with Crippen molar-refractivity contribution in [3.05, 3.63) is 33.4 Å². The largest absolute Gasteiger partial charge is 0.478 e. The van der Waals surface area contributed by atoms with Crippen LogP contribution >= 0.6 is 0 Å². The molecule has 0 bridgehead atoms. The fourth-order valence-corrected chi connectivity index (χ4v) is 3.41. The Bertz CT molecular complexity index is 619. The van der Waals surface area contributed by atoms with Gasteiger partial charge in [-0.3, -0.25) is 0 Å². The molecule has 1 aliphatic rings. The maximum atomic E-state index is 12.4. The number of fused-ring (bicyclic) bond motifs is 1. The first kappa shape index (κ1) is 17.5. The second-order valence-corrected chi connectivity index (χ2v) is 6.04. The van der Waals surface area contributed by atoms with Gasteiger partial charge in [-0.05, 0) is 61.8 Å². The molecule has 0 heterocycles. The normalized spacial score (nSPS) is 14.6.